The summed E-state index contributed by atoms with van der Waals surface area (Å²) in [5.74, 6) is 0.683. The van der Waals surface area contributed by atoms with Crippen molar-refractivity contribution in [2.75, 3.05) is 33.5 Å². The topological polar surface area (TPSA) is 54.0 Å². The van der Waals surface area contributed by atoms with Crippen LogP contribution in [0, 0.1) is 0 Å². The Morgan fingerprint density at radius 1 is 0.920 bits per heavy atom. The van der Waals surface area contributed by atoms with Crippen LogP contribution in [-0.2, 0) is 9.47 Å². The molecular formula is C20H24O5. The average Bonchev–Trinajstić information content (AvgIpc) is 2.67. The standard InChI is InChI=1S/C20H24O5/c1-22-20(21)17-14-15-8-2-3-9-16(15)18-19(17)25-13-7-5-11-23-10-4-6-12-24-18/h2-3,8-9,14H,4-7,10-13H2,1H3. The first kappa shape index (κ1) is 17.5. The molecule has 2 aromatic carbocycles. The fourth-order valence-corrected chi connectivity index (χ4v) is 2.91. The summed E-state index contributed by atoms with van der Waals surface area (Å²) in [4.78, 5) is 12.3. The van der Waals surface area contributed by atoms with Gasteiger partial charge in [-0.3, -0.25) is 0 Å². The smallest absolute Gasteiger partial charge is 0.341 e. The second-order valence-corrected chi connectivity index (χ2v) is 6.02. The van der Waals surface area contributed by atoms with Crippen LogP contribution in [-0.4, -0.2) is 39.5 Å². The zero-order valence-electron chi connectivity index (χ0n) is 14.6. The molecule has 1 heterocycles. The summed E-state index contributed by atoms with van der Waals surface area (Å²) < 4.78 is 22.6. The van der Waals surface area contributed by atoms with E-state index in [1.165, 1.54) is 7.11 Å². The summed E-state index contributed by atoms with van der Waals surface area (Å²) in [6.07, 6.45) is 3.62. The summed E-state index contributed by atoms with van der Waals surface area (Å²) in [5, 5.41) is 1.87. The molecule has 134 valence electrons. The molecule has 0 bridgehead atoms. The Bertz CT molecular complexity index is 725. The third kappa shape index (κ3) is 4.23. The van der Waals surface area contributed by atoms with E-state index >= 15 is 0 Å². The van der Waals surface area contributed by atoms with Gasteiger partial charge >= 0.3 is 5.97 Å². The highest BCUT2D eigenvalue weighted by molar-refractivity contribution is 6.02. The predicted molar refractivity (Wildman–Crippen MR) is 95.6 cm³/mol. The molecule has 0 unspecified atom stereocenters. The van der Waals surface area contributed by atoms with Crippen LogP contribution in [0.5, 0.6) is 11.5 Å². The van der Waals surface area contributed by atoms with E-state index in [0.29, 0.717) is 30.3 Å². The van der Waals surface area contributed by atoms with Crippen LogP contribution in [0.25, 0.3) is 10.8 Å². The van der Waals surface area contributed by atoms with Crippen LogP contribution in [0.1, 0.15) is 36.0 Å². The number of carbonyl (C=O) groups is 1. The molecule has 0 aliphatic carbocycles. The van der Waals surface area contributed by atoms with Gasteiger partial charge in [-0.1, -0.05) is 24.3 Å². The van der Waals surface area contributed by atoms with Crippen molar-refractivity contribution in [1.29, 1.82) is 0 Å². The van der Waals surface area contributed by atoms with Crippen LogP contribution in [0.2, 0.25) is 0 Å². The Morgan fingerprint density at radius 2 is 1.56 bits per heavy atom. The highest BCUT2D eigenvalue weighted by Gasteiger charge is 2.22. The molecule has 0 amide bonds. The van der Waals surface area contributed by atoms with Crippen molar-refractivity contribution in [1.82, 2.24) is 0 Å². The Hall–Kier alpha value is -2.27. The van der Waals surface area contributed by atoms with Gasteiger partial charge in [0.2, 0.25) is 0 Å². The van der Waals surface area contributed by atoms with E-state index in [1.54, 1.807) is 0 Å². The van der Waals surface area contributed by atoms with E-state index < -0.39 is 5.97 Å². The van der Waals surface area contributed by atoms with Crippen molar-refractivity contribution in [3.63, 3.8) is 0 Å². The molecule has 0 saturated heterocycles. The van der Waals surface area contributed by atoms with E-state index in [2.05, 4.69) is 0 Å². The zero-order chi connectivity index (χ0) is 17.5. The number of esters is 1. The Balaban J connectivity index is 2.04. The lowest BCUT2D eigenvalue weighted by Gasteiger charge is -2.18. The number of ether oxygens (including phenoxy) is 4. The highest BCUT2D eigenvalue weighted by Crippen LogP contribution is 2.40. The molecular weight excluding hydrogens is 320 g/mol. The van der Waals surface area contributed by atoms with Crippen LogP contribution in [0.3, 0.4) is 0 Å². The average molecular weight is 344 g/mol. The van der Waals surface area contributed by atoms with Crippen LogP contribution >= 0.6 is 0 Å². The van der Waals surface area contributed by atoms with E-state index in [0.717, 1.165) is 49.7 Å². The van der Waals surface area contributed by atoms with Gasteiger partial charge < -0.3 is 18.9 Å². The minimum Gasteiger partial charge on any atom is -0.489 e. The molecule has 5 heteroatoms. The summed E-state index contributed by atoms with van der Waals surface area (Å²) >= 11 is 0. The maximum atomic E-state index is 12.3. The van der Waals surface area contributed by atoms with Crippen LogP contribution < -0.4 is 9.47 Å². The molecule has 2 aromatic rings. The summed E-state index contributed by atoms with van der Waals surface area (Å²) in [7, 11) is 1.38. The number of carbonyl (C=O) groups excluding carboxylic acids is 1. The first-order valence-electron chi connectivity index (χ1n) is 8.78. The molecule has 0 aromatic heterocycles. The molecule has 0 radical (unpaired) electrons. The molecule has 1 aliphatic heterocycles. The quantitative estimate of drug-likeness (QED) is 0.733. The first-order valence-corrected chi connectivity index (χ1v) is 8.78. The van der Waals surface area contributed by atoms with Crippen molar-refractivity contribution < 1.29 is 23.7 Å². The van der Waals surface area contributed by atoms with Gasteiger partial charge in [-0.15, -0.1) is 0 Å². The largest absolute Gasteiger partial charge is 0.489 e. The normalized spacial score (nSPS) is 16.4. The third-order valence-electron chi connectivity index (χ3n) is 4.22. The maximum Gasteiger partial charge on any atom is 0.341 e. The Morgan fingerprint density at radius 3 is 2.28 bits per heavy atom. The molecule has 0 saturated carbocycles. The fourth-order valence-electron chi connectivity index (χ4n) is 2.91. The molecule has 0 spiro atoms. The number of fused-ring (bicyclic) bond motifs is 3. The zero-order valence-corrected chi connectivity index (χ0v) is 14.6. The van der Waals surface area contributed by atoms with E-state index in [9.17, 15) is 4.79 Å². The monoisotopic (exact) mass is 344 g/mol. The molecule has 25 heavy (non-hydrogen) atoms. The van der Waals surface area contributed by atoms with Crippen LogP contribution in [0.4, 0.5) is 0 Å². The van der Waals surface area contributed by atoms with Gasteiger partial charge in [0.1, 0.15) is 5.56 Å². The van der Waals surface area contributed by atoms with Gasteiger partial charge in [-0.05, 0) is 37.1 Å². The van der Waals surface area contributed by atoms with Crippen molar-refractivity contribution in [2.24, 2.45) is 0 Å². The highest BCUT2D eigenvalue weighted by atomic mass is 16.5. The molecule has 1 aliphatic rings. The van der Waals surface area contributed by atoms with E-state index in [4.69, 9.17) is 18.9 Å². The lowest BCUT2D eigenvalue weighted by atomic mass is 10.0. The van der Waals surface area contributed by atoms with Crippen molar-refractivity contribution in [3.8, 4) is 11.5 Å². The van der Waals surface area contributed by atoms with Gasteiger partial charge in [-0.25, -0.2) is 4.79 Å². The maximum absolute atomic E-state index is 12.3. The molecule has 0 fully saturated rings. The summed E-state index contributed by atoms with van der Waals surface area (Å²) in [6, 6.07) is 9.65. The van der Waals surface area contributed by atoms with E-state index in [1.807, 2.05) is 30.3 Å². The van der Waals surface area contributed by atoms with Gasteiger partial charge in [0.25, 0.3) is 0 Å². The Kier molecular flexibility index (Phi) is 6.12. The number of hydrogen-bond donors (Lipinski definition) is 0. The van der Waals surface area contributed by atoms with E-state index in [-0.39, 0.29) is 0 Å². The summed E-state index contributed by atoms with van der Waals surface area (Å²) in [5.41, 5.74) is 0.405. The predicted octanol–water partition coefficient (Wildman–Crippen LogP) is 3.97. The van der Waals surface area contributed by atoms with Gasteiger partial charge in [-0.2, -0.15) is 0 Å². The number of methoxy groups -OCH3 is 1. The first-order chi connectivity index (χ1) is 12.3. The Labute approximate surface area is 147 Å². The second-order valence-electron chi connectivity index (χ2n) is 6.02. The number of benzene rings is 2. The molecule has 0 atom stereocenters. The minimum absolute atomic E-state index is 0.405. The number of rotatable bonds is 1. The van der Waals surface area contributed by atoms with Gasteiger partial charge in [0, 0.05) is 18.6 Å². The lowest BCUT2D eigenvalue weighted by molar-refractivity contribution is 0.0595. The SMILES string of the molecule is COC(=O)c1cc2ccccc2c2c1OCCCCOCCCCO2. The number of hydrogen-bond acceptors (Lipinski definition) is 5. The fraction of sp³-hybridized carbons (Fsp3) is 0.450. The van der Waals surface area contributed by atoms with Crippen molar-refractivity contribution in [3.05, 3.63) is 35.9 Å². The summed E-state index contributed by atoms with van der Waals surface area (Å²) in [6.45, 7) is 2.54. The van der Waals surface area contributed by atoms with Crippen LogP contribution in [0.15, 0.2) is 30.3 Å². The second kappa shape index (κ2) is 8.72. The lowest BCUT2D eigenvalue weighted by Crippen LogP contribution is -2.10. The molecule has 5 nitrogen and oxygen atoms in total. The molecule has 3 rings (SSSR count). The molecule has 0 N–H and O–H groups in total. The van der Waals surface area contributed by atoms with Crippen molar-refractivity contribution >= 4 is 16.7 Å². The van der Waals surface area contributed by atoms with Gasteiger partial charge in [0.05, 0.1) is 20.3 Å². The van der Waals surface area contributed by atoms with Gasteiger partial charge in [0.15, 0.2) is 11.5 Å². The minimum atomic E-state index is -0.418. The third-order valence-corrected chi connectivity index (χ3v) is 4.22. The van der Waals surface area contributed by atoms with Crippen molar-refractivity contribution in [2.45, 2.75) is 25.7 Å².